The minimum absolute atomic E-state index is 0.223. The van der Waals surface area contributed by atoms with E-state index in [2.05, 4.69) is 51.5 Å². The van der Waals surface area contributed by atoms with Crippen molar-refractivity contribution in [2.75, 3.05) is 32.7 Å². The molecule has 5 heteroatoms. The molecule has 1 aliphatic heterocycles. The highest BCUT2D eigenvalue weighted by atomic mass is 16.2. The molecular weight excluding hydrogens is 300 g/mol. The summed E-state index contributed by atoms with van der Waals surface area (Å²) in [5.41, 5.74) is 0. The Kier molecular flexibility index (Phi) is 5.72. The predicted octanol–water partition coefficient (Wildman–Crippen LogP) is 2.51. The summed E-state index contributed by atoms with van der Waals surface area (Å²) in [6.07, 6.45) is 11.3. The van der Waals surface area contributed by atoms with Crippen molar-refractivity contribution in [3.63, 3.8) is 0 Å². The van der Waals surface area contributed by atoms with E-state index in [1.165, 1.54) is 0 Å². The third kappa shape index (κ3) is 4.07. The molecule has 1 atom stereocenters. The number of amides is 1. The lowest BCUT2D eigenvalue weighted by Gasteiger charge is -2.36. The molecular formula is C19H30N4O. The highest BCUT2D eigenvalue weighted by molar-refractivity contribution is 5.79. The topological polar surface area (TPSA) is 41.4 Å². The molecule has 1 unspecified atom stereocenters. The first-order valence-electron chi connectivity index (χ1n) is 9.32. The van der Waals surface area contributed by atoms with Crippen LogP contribution in [0, 0.1) is 5.92 Å². The number of aromatic nitrogens is 2. The zero-order chi connectivity index (χ0) is 16.9. The fourth-order valence-corrected chi connectivity index (χ4v) is 3.73. The molecule has 1 aromatic rings. The molecule has 1 saturated heterocycles. The Hall–Kier alpha value is -1.62. The average Bonchev–Trinajstić information content (AvgIpc) is 3.09. The van der Waals surface area contributed by atoms with Gasteiger partial charge in [0.25, 0.3) is 0 Å². The van der Waals surface area contributed by atoms with E-state index in [4.69, 9.17) is 0 Å². The fourth-order valence-electron chi connectivity index (χ4n) is 3.73. The van der Waals surface area contributed by atoms with Gasteiger partial charge in [-0.3, -0.25) is 9.69 Å². The van der Waals surface area contributed by atoms with Gasteiger partial charge in [-0.25, -0.2) is 4.98 Å². The maximum absolute atomic E-state index is 12.6. The summed E-state index contributed by atoms with van der Waals surface area (Å²) in [5.74, 6) is 2.21. The van der Waals surface area contributed by atoms with Crippen LogP contribution in [0.4, 0.5) is 0 Å². The van der Waals surface area contributed by atoms with E-state index in [1.54, 1.807) is 0 Å². The number of imidazole rings is 1. The molecule has 5 nitrogen and oxygen atoms in total. The van der Waals surface area contributed by atoms with Crippen LogP contribution >= 0.6 is 0 Å². The molecule has 2 heterocycles. The Morgan fingerprint density at radius 2 is 2.00 bits per heavy atom. The lowest BCUT2D eigenvalue weighted by atomic mass is 9.93. The largest absolute Gasteiger partial charge is 0.340 e. The van der Waals surface area contributed by atoms with E-state index in [0.717, 1.165) is 64.4 Å². The molecule has 1 fully saturated rings. The molecule has 2 aliphatic rings. The van der Waals surface area contributed by atoms with E-state index in [1.807, 2.05) is 6.20 Å². The van der Waals surface area contributed by atoms with Crippen molar-refractivity contribution in [3.05, 3.63) is 30.4 Å². The van der Waals surface area contributed by atoms with Crippen LogP contribution in [-0.4, -0.2) is 58.0 Å². The lowest BCUT2D eigenvalue weighted by molar-refractivity contribution is -0.137. The number of rotatable bonds is 5. The number of hydrogen-bond acceptors (Lipinski definition) is 3. The van der Waals surface area contributed by atoms with Gasteiger partial charge in [0.1, 0.15) is 5.82 Å². The number of nitrogens with zero attached hydrogens (tertiary/aromatic N) is 4. The van der Waals surface area contributed by atoms with E-state index in [9.17, 15) is 4.79 Å². The third-order valence-corrected chi connectivity index (χ3v) is 5.22. The van der Waals surface area contributed by atoms with Crippen molar-refractivity contribution in [2.45, 2.75) is 45.6 Å². The summed E-state index contributed by atoms with van der Waals surface area (Å²) < 4.78 is 2.26. The van der Waals surface area contributed by atoms with Gasteiger partial charge in [-0.2, -0.15) is 0 Å². The number of piperazine rings is 1. The van der Waals surface area contributed by atoms with Gasteiger partial charge < -0.3 is 9.47 Å². The molecule has 3 rings (SSSR count). The molecule has 0 aromatic carbocycles. The van der Waals surface area contributed by atoms with Gasteiger partial charge in [-0.15, -0.1) is 0 Å². The van der Waals surface area contributed by atoms with Crippen LogP contribution in [0.3, 0.4) is 0 Å². The molecule has 1 aliphatic carbocycles. The van der Waals surface area contributed by atoms with Gasteiger partial charge in [-0.1, -0.05) is 26.0 Å². The molecule has 0 spiro atoms. The zero-order valence-corrected chi connectivity index (χ0v) is 15.0. The third-order valence-electron chi connectivity index (χ3n) is 5.22. The molecule has 0 bridgehead atoms. The Bertz CT molecular complexity index is 570. The number of allylic oxidation sites excluding steroid dienone is 2. The number of carbonyl (C=O) groups excluding carboxylic acids is 1. The van der Waals surface area contributed by atoms with E-state index in [-0.39, 0.29) is 5.92 Å². The van der Waals surface area contributed by atoms with E-state index in [0.29, 0.717) is 11.8 Å². The van der Waals surface area contributed by atoms with Gasteiger partial charge in [0.15, 0.2) is 0 Å². The minimum Gasteiger partial charge on any atom is -0.340 e. The van der Waals surface area contributed by atoms with Crippen molar-refractivity contribution in [1.29, 1.82) is 0 Å². The SMILES string of the molecule is CC(C)c1nccn1CCN1CCN(C(=O)C2CC=CCC2)CC1. The number of hydrogen-bond donors (Lipinski definition) is 0. The molecule has 0 N–H and O–H groups in total. The first-order chi connectivity index (χ1) is 11.6. The van der Waals surface area contributed by atoms with Crippen molar-refractivity contribution >= 4 is 5.91 Å². The second kappa shape index (κ2) is 7.97. The first-order valence-corrected chi connectivity index (χ1v) is 9.32. The van der Waals surface area contributed by atoms with Crippen molar-refractivity contribution < 1.29 is 4.79 Å². The average molecular weight is 330 g/mol. The Balaban J connectivity index is 1.44. The Labute approximate surface area is 145 Å². The van der Waals surface area contributed by atoms with Crippen molar-refractivity contribution in [2.24, 2.45) is 5.92 Å². The smallest absolute Gasteiger partial charge is 0.226 e. The van der Waals surface area contributed by atoms with Crippen LogP contribution in [0.1, 0.15) is 44.9 Å². The Morgan fingerprint density at radius 3 is 2.67 bits per heavy atom. The molecule has 132 valence electrons. The highest BCUT2D eigenvalue weighted by Gasteiger charge is 2.27. The lowest BCUT2D eigenvalue weighted by Crippen LogP contribution is -2.51. The van der Waals surface area contributed by atoms with Gasteiger partial charge in [0.05, 0.1) is 0 Å². The first kappa shape index (κ1) is 17.2. The van der Waals surface area contributed by atoms with Crippen molar-refractivity contribution in [3.8, 4) is 0 Å². The summed E-state index contributed by atoms with van der Waals surface area (Å²) in [6, 6.07) is 0. The summed E-state index contributed by atoms with van der Waals surface area (Å²) in [5, 5.41) is 0. The van der Waals surface area contributed by atoms with Gasteiger partial charge >= 0.3 is 0 Å². The van der Waals surface area contributed by atoms with E-state index >= 15 is 0 Å². The maximum Gasteiger partial charge on any atom is 0.226 e. The van der Waals surface area contributed by atoms with Gasteiger partial charge in [0.2, 0.25) is 5.91 Å². The second-order valence-electron chi connectivity index (χ2n) is 7.28. The highest BCUT2D eigenvalue weighted by Crippen LogP contribution is 2.21. The maximum atomic E-state index is 12.6. The predicted molar refractivity (Wildman–Crippen MR) is 95.8 cm³/mol. The summed E-state index contributed by atoms with van der Waals surface area (Å²) in [6.45, 7) is 10.1. The Morgan fingerprint density at radius 1 is 1.21 bits per heavy atom. The van der Waals surface area contributed by atoms with Crippen LogP contribution < -0.4 is 0 Å². The quantitative estimate of drug-likeness (QED) is 0.779. The molecule has 0 radical (unpaired) electrons. The molecule has 1 amide bonds. The molecule has 24 heavy (non-hydrogen) atoms. The number of carbonyl (C=O) groups is 1. The van der Waals surface area contributed by atoms with Crippen LogP contribution in [0.2, 0.25) is 0 Å². The van der Waals surface area contributed by atoms with Crippen LogP contribution in [0.5, 0.6) is 0 Å². The summed E-state index contributed by atoms with van der Waals surface area (Å²) in [7, 11) is 0. The minimum atomic E-state index is 0.223. The summed E-state index contributed by atoms with van der Waals surface area (Å²) in [4.78, 5) is 21.6. The van der Waals surface area contributed by atoms with Crippen LogP contribution in [0.25, 0.3) is 0 Å². The zero-order valence-electron chi connectivity index (χ0n) is 15.0. The van der Waals surface area contributed by atoms with Crippen LogP contribution in [-0.2, 0) is 11.3 Å². The van der Waals surface area contributed by atoms with Gasteiger partial charge in [0, 0.05) is 63.5 Å². The molecule has 0 saturated carbocycles. The van der Waals surface area contributed by atoms with Gasteiger partial charge in [-0.05, 0) is 19.3 Å². The molecule has 1 aromatic heterocycles. The van der Waals surface area contributed by atoms with Crippen LogP contribution in [0.15, 0.2) is 24.5 Å². The summed E-state index contributed by atoms with van der Waals surface area (Å²) >= 11 is 0. The van der Waals surface area contributed by atoms with E-state index < -0.39 is 0 Å². The standard InChI is InChI=1S/C19H30N4O/c1-16(2)18-20-8-9-22(18)13-10-21-11-14-23(15-12-21)19(24)17-6-4-3-5-7-17/h3-4,8-9,16-17H,5-7,10-15H2,1-2H3. The van der Waals surface area contributed by atoms with Crippen molar-refractivity contribution in [1.82, 2.24) is 19.4 Å². The second-order valence-corrected chi connectivity index (χ2v) is 7.28. The fraction of sp³-hybridized carbons (Fsp3) is 0.684. The monoisotopic (exact) mass is 330 g/mol. The normalized spacial score (nSPS) is 22.3.